The number of carbonyl (C=O) groups is 2. The maximum absolute atomic E-state index is 10.1. The van der Waals surface area contributed by atoms with Crippen molar-refractivity contribution in [3.63, 3.8) is 0 Å². The lowest BCUT2D eigenvalue weighted by atomic mass is 10.1. The summed E-state index contributed by atoms with van der Waals surface area (Å²) in [7, 11) is 3.38. The highest BCUT2D eigenvalue weighted by molar-refractivity contribution is 5.72. The number of nitrogens with zero attached hydrogens (tertiary/aromatic N) is 1. The van der Waals surface area contributed by atoms with Gasteiger partial charge in [0.15, 0.2) is 0 Å². The van der Waals surface area contributed by atoms with E-state index in [0.717, 1.165) is 19.3 Å². The van der Waals surface area contributed by atoms with Gasteiger partial charge in [-0.1, -0.05) is 6.42 Å². The smallest absolute Gasteiger partial charge is 0.320 e. The Hall–Kier alpha value is -1.14. The normalized spacial score (nSPS) is 10.9. The molecular weight excluding hydrogens is 198 g/mol. The zero-order chi connectivity index (χ0) is 12.3. The number of carboxylic acids is 1. The van der Waals surface area contributed by atoms with Crippen molar-refractivity contribution in [1.82, 2.24) is 4.90 Å². The van der Waals surface area contributed by atoms with Crippen LogP contribution in [0.4, 0.5) is 0 Å². The highest BCUT2D eigenvalue weighted by atomic mass is 16.4. The van der Waals surface area contributed by atoms with Gasteiger partial charge in [0, 0.05) is 14.1 Å². The van der Waals surface area contributed by atoms with Gasteiger partial charge in [0.05, 0.1) is 0 Å². The van der Waals surface area contributed by atoms with Crippen molar-refractivity contribution in [2.45, 2.75) is 25.3 Å². The van der Waals surface area contributed by atoms with Crippen LogP contribution in [0.3, 0.4) is 0 Å². The molecule has 0 fully saturated rings. The molecule has 0 aromatic rings. The van der Waals surface area contributed by atoms with Gasteiger partial charge in [-0.3, -0.25) is 9.59 Å². The van der Waals surface area contributed by atoms with Crippen LogP contribution in [0.25, 0.3) is 0 Å². The Bertz CT molecular complexity index is 174. The predicted molar refractivity (Wildman–Crippen MR) is 58.3 cm³/mol. The molecule has 1 atom stereocenters. The van der Waals surface area contributed by atoms with Crippen molar-refractivity contribution in [2.75, 3.05) is 20.6 Å². The SMILES string of the molecule is CN(C)C=O.NCCCC[C@H](N)C(=O)O. The predicted octanol–water partition coefficient (Wildman–Crippen LogP) is -0.768. The number of hydrogen-bond acceptors (Lipinski definition) is 4. The first-order valence-electron chi connectivity index (χ1n) is 4.75. The Balaban J connectivity index is 0. The summed E-state index contributed by atoms with van der Waals surface area (Å²) >= 11 is 0. The first-order chi connectivity index (χ1) is 6.95. The summed E-state index contributed by atoms with van der Waals surface area (Å²) in [5, 5.41) is 8.33. The number of aliphatic carboxylic acids is 1. The Kier molecular flexibility index (Phi) is 11.9. The third-order valence-electron chi connectivity index (χ3n) is 1.50. The zero-order valence-electron chi connectivity index (χ0n) is 9.35. The molecule has 0 heterocycles. The number of unbranched alkanes of at least 4 members (excludes halogenated alkanes) is 1. The number of carbonyl (C=O) groups excluding carboxylic acids is 1. The van der Waals surface area contributed by atoms with Gasteiger partial charge >= 0.3 is 5.97 Å². The van der Waals surface area contributed by atoms with E-state index in [-0.39, 0.29) is 0 Å². The highest BCUT2D eigenvalue weighted by Gasteiger charge is 2.09. The van der Waals surface area contributed by atoms with E-state index in [4.69, 9.17) is 16.6 Å². The summed E-state index contributed by atoms with van der Waals surface area (Å²) in [6, 6.07) is -0.716. The first-order valence-corrected chi connectivity index (χ1v) is 4.75. The minimum atomic E-state index is -0.933. The molecule has 5 N–H and O–H groups in total. The lowest BCUT2D eigenvalue weighted by Gasteiger charge is -2.03. The van der Waals surface area contributed by atoms with Crippen LogP contribution in [0.5, 0.6) is 0 Å². The standard InChI is InChI=1S/C6H14N2O2.C3H7NO/c7-4-2-1-3-5(8)6(9)10;1-4(2)3-5/h5H,1-4,7-8H2,(H,9,10);3H,1-2H3/t5-;/m0./s1. The van der Waals surface area contributed by atoms with Crippen LogP contribution in [0, 0.1) is 0 Å². The molecule has 1 amide bonds. The molecule has 90 valence electrons. The molecule has 0 aliphatic carbocycles. The molecule has 0 unspecified atom stereocenters. The molecular formula is C9H21N3O3. The monoisotopic (exact) mass is 219 g/mol. The second-order valence-electron chi connectivity index (χ2n) is 3.30. The summed E-state index contributed by atoms with van der Waals surface area (Å²) in [6.45, 7) is 0.604. The fourth-order valence-electron chi connectivity index (χ4n) is 0.632. The summed E-state index contributed by atoms with van der Waals surface area (Å²) < 4.78 is 0. The summed E-state index contributed by atoms with van der Waals surface area (Å²) in [4.78, 5) is 21.0. The molecule has 0 radical (unpaired) electrons. The molecule has 0 saturated carbocycles. The molecule has 0 aliphatic rings. The van der Waals surface area contributed by atoms with Crippen LogP contribution in [-0.4, -0.2) is 49.1 Å². The maximum atomic E-state index is 10.1. The van der Waals surface area contributed by atoms with E-state index in [2.05, 4.69) is 0 Å². The van der Waals surface area contributed by atoms with E-state index in [9.17, 15) is 9.59 Å². The van der Waals surface area contributed by atoms with Crippen LogP contribution in [-0.2, 0) is 9.59 Å². The largest absolute Gasteiger partial charge is 0.480 e. The molecule has 0 aliphatic heterocycles. The lowest BCUT2D eigenvalue weighted by Crippen LogP contribution is -2.29. The van der Waals surface area contributed by atoms with Crippen LogP contribution < -0.4 is 11.5 Å². The van der Waals surface area contributed by atoms with Crippen LogP contribution in [0.15, 0.2) is 0 Å². The Morgan fingerprint density at radius 3 is 2.20 bits per heavy atom. The highest BCUT2D eigenvalue weighted by Crippen LogP contribution is 1.96. The van der Waals surface area contributed by atoms with Crippen molar-refractivity contribution in [3.05, 3.63) is 0 Å². The molecule has 0 aromatic carbocycles. The van der Waals surface area contributed by atoms with Crippen LogP contribution in [0.1, 0.15) is 19.3 Å². The van der Waals surface area contributed by atoms with Crippen molar-refractivity contribution in [2.24, 2.45) is 11.5 Å². The number of rotatable bonds is 6. The van der Waals surface area contributed by atoms with Crippen molar-refractivity contribution in [1.29, 1.82) is 0 Å². The van der Waals surface area contributed by atoms with Gasteiger partial charge in [-0.25, -0.2) is 0 Å². The fraction of sp³-hybridized carbons (Fsp3) is 0.778. The third-order valence-corrected chi connectivity index (χ3v) is 1.50. The van der Waals surface area contributed by atoms with Gasteiger partial charge in [0.2, 0.25) is 6.41 Å². The Labute approximate surface area is 90.2 Å². The van der Waals surface area contributed by atoms with Gasteiger partial charge < -0.3 is 21.5 Å². The molecule has 0 rings (SSSR count). The van der Waals surface area contributed by atoms with Gasteiger partial charge in [0.1, 0.15) is 6.04 Å². The van der Waals surface area contributed by atoms with E-state index in [1.165, 1.54) is 4.90 Å². The maximum Gasteiger partial charge on any atom is 0.320 e. The number of nitrogens with two attached hydrogens (primary N) is 2. The first kappa shape index (κ1) is 16.3. The van der Waals surface area contributed by atoms with Crippen LogP contribution in [0.2, 0.25) is 0 Å². The lowest BCUT2D eigenvalue weighted by molar-refractivity contribution is -0.138. The van der Waals surface area contributed by atoms with E-state index in [1.807, 2.05) is 0 Å². The van der Waals surface area contributed by atoms with Crippen molar-refractivity contribution < 1.29 is 14.7 Å². The average molecular weight is 219 g/mol. The zero-order valence-corrected chi connectivity index (χ0v) is 9.35. The number of hydrogen-bond donors (Lipinski definition) is 3. The van der Waals surface area contributed by atoms with Gasteiger partial charge in [0.25, 0.3) is 0 Å². The van der Waals surface area contributed by atoms with E-state index in [1.54, 1.807) is 14.1 Å². The Morgan fingerprint density at radius 1 is 1.47 bits per heavy atom. The summed E-state index contributed by atoms with van der Waals surface area (Å²) in [6.07, 6.45) is 2.91. The minimum Gasteiger partial charge on any atom is -0.480 e. The van der Waals surface area contributed by atoms with Crippen molar-refractivity contribution >= 4 is 12.4 Å². The molecule has 0 aromatic heterocycles. The van der Waals surface area contributed by atoms with Gasteiger partial charge in [-0.2, -0.15) is 0 Å². The molecule has 15 heavy (non-hydrogen) atoms. The summed E-state index contributed by atoms with van der Waals surface area (Å²) in [5.74, 6) is -0.933. The minimum absolute atomic E-state index is 0.520. The van der Waals surface area contributed by atoms with Gasteiger partial charge in [-0.05, 0) is 19.4 Å². The number of amides is 1. The van der Waals surface area contributed by atoms with Crippen LogP contribution >= 0.6 is 0 Å². The van der Waals surface area contributed by atoms with E-state index >= 15 is 0 Å². The second kappa shape index (κ2) is 10.9. The van der Waals surface area contributed by atoms with Crippen molar-refractivity contribution in [3.8, 4) is 0 Å². The summed E-state index contributed by atoms with van der Waals surface area (Å²) in [5.41, 5.74) is 10.4. The van der Waals surface area contributed by atoms with E-state index in [0.29, 0.717) is 13.0 Å². The molecule has 0 spiro atoms. The van der Waals surface area contributed by atoms with Gasteiger partial charge in [-0.15, -0.1) is 0 Å². The Morgan fingerprint density at radius 2 is 1.93 bits per heavy atom. The second-order valence-corrected chi connectivity index (χ2v) is 3.30. The fourth-order valence-corrected chi connectivity index (χ4v) is 0.632. The molecule has 6 heteroatoms. The quantitative estimate of drug-likeness (QED) is 0.401. The topological polar surface area (TPSA) is 110 Å². The molecule has 6 nitrogen and oxygen atoms in total. The number of carboxylic acid groups (broad SMARTS) is 1. The average Bonchev–Trinajstić information content (AvgIpc) is 2.18. The third kappa shape index (κ3) is 15.6. The van der Waals surface area contributed by atoms with E-state index < -0.39 is 12.0 Å². The molecule has 0 bridgehead atoms. The molecule has 0 saturated heterocycles.